The minimum Gasteiger partial charge on any atom is -0.348 e. The number of aryl methyl sites for hydroxylation is 1. The summed E-state index contributed by atoms with van der Waals surface area (Å²) in [5.74, 6) is 0.0608. The molecule has 0 aromatic heterocycles. The molecular weight excluding hydrogens is 236 g/mol. The number of amides is 1. The lowest BCUT2D eigenvalue weighted by molar-refractivity contribution is 0.0913. The van der Waals surface area contributed by atoms with Crippen molar-refractivity contribution >= 4 is 5.91 Å². The molecule has 3 heteroatoms. The van der Waals surface area contributed by atoms with Gasteiger partial charge in [-0.25, -0.2) is 0 Å². The summed E-state index contributed by atoms with van der Waals surface area (Å²) in [5.41, 5.74) is 1.93. The quantitative estimate of drug-likeness (QED) is 0.876. The summed E-state index contributed by atoms with van der Waals surface area (Å²) >= 11 is 0. The van der Waals surface area contributed by atoms with E-state index in [1.165, 1.54) is 0 Å². The molecule has 19 heavy (non-hydrogen) atoms. The highest BCUT2D eigenvalue weighted by Crippen LogP contribution is 2.15. The smallest absolute Gasteiger partial charge is 0.251 e. The summed E-state index contributed by atoms with van der Waals surface area (Å²) in [6.07, 6.45) is 3.05. The van der Waals surface area contributed by atoms with E-state index in [1.807, 2.05) is 24.3 Å². The zero-order valence-electron chi connectivity index (χ0n) is 12.1. The fraction of sp³-hybridized carbons (Fsp3) is 0.562. The summed E-state index contributed by atoms with van der Waals surface area (Å²) in [6.45, 7) is 6.42. The first-order valence-corrected chi connectivity index (χ1v) is 7.26. The van der Waals surface area contributed by atoms with Crippen LogP contribution >= 0.6 is 0 Å². The van der Waals surface area contributed by atoms with E-state index in [4.69, 9.17) is 0 Å². The number of hydrogen-bond acceptors (Lipinski definition) is 2. The van der Waals surface area contributed by atoms with Crippen molar-refractivity contribution in [3.8, 4) is 0 Å². The summed E-state index contributed by atoms with van der Waals surface area (Å²) in [4.78, 5) is 12.4. The molecule has 1 aromatic carbocycles. The second kappa shape index (κ2) is 6.20. The van der Waals surface area contributed by atoms with Crippen molar-refractivity contribution in [1.29, 1.82) is 0 Å². The molecule has 1 saturated heterocycles. The van der Waals surface area contributed by atoms with Gasteiger partial charge < -0.3 is 10.6 Å². The molecule has 1 aliphatic rings. The van der Waals surface area contributed by atoms with Gasteiger partial charge in [-0.2, -0.15) is 0 Å². The van der Waals surface area contributed by atoms with Crippen LogP contribution in [-0.4, -0.2) is 24.0 Å². The van der Waals surface area contributed by atoms with Crippen molar-refractivity contribution in [2.75, 3.05) is 0 Å². The lowest BCUT2D eigenvalue weighted by Gasteiger charge is -2.34. The number of piperidine rings is 1. The number of hydrogen-bond donors (Lipinski definition) is 2. The normalized spacial score (nSPS) is 27.0. The van der Waals surface area contributed by atoms with Gasteiger partial charge in [-0.3, -0.25) is 4.79 Å². The maximum atomic E-state index is 12.4. The van der Waals surface area contributed by atoms with Crippen molar-refractivity contribution in [2.24, 2.45) is 0 Å². The van der Waals surface area contributed by atoms with Crippen LogP contribution in [0.5, 0.6) is 0 Å². The summed E-state index contributed by atoms with van der Waals surface area (Å²) in [7, 11) is 0. The Kier molecular flexibility index (Phi) is 4.59. The Bertz CT molecular complexity index is 444. The van der Waals surface area contributed by atoms with Gasteiger partial charge in [0.05, 0.1) is 0 Å². The molecule has 3 unspecified atom stereocenters. The Morgan fingerprint density at radius 2 is 2.05 bits per heavy atom. The van der Waals surface area contributed by atoms with E-state index in [0.717, 1.165) is 30.4 Å². The lowest BCUT2D eigenvalue weighted by Crippen LogP contribution is -2.54. The van der Waals surface area contributed by atoms with Crippen molar-refractivity contribution in [3.63, 3.8) is 0 Å². The Hall–Kier alpha value is -1.35. The van der Waals surface area contributed by atoms with Gasteiger partial charge in [0.15, 0.2) is 0 Å². The zero-order valence-corrected chi connectivity index (χ0v) is 12.1. The molecule has 3 atom stereocenters. The van der Waals surface area contributed by atoms with E-state index in [2.05, 4.69) is 31.4 Å². The fourth-order valence-electron chi connectivity index (χ4n) is 2.82. The highest BCUT2D eigenvalue weighted by atomic mass is 16.1. The highest BCUT2D eigenvalue weighted by molar-refractivity contribution is 5.95. The molecule has 1 heterocycles. The molecule has 1 fully saturated rings. The molecular formula is C16H24N2O. The number of nitrogens with one attached hydrogen (secondary N) is 2. The second-order valence-electron chi connectivity index (χ2n) is 5.52. The predicted molar refractivity (Wildman–Crippen MR) is 78.4 cm³/mol. The van der Waals surface area contributed by atoms with Crippen LogP contribution < -0.4 is 10.6 Å². The number of rotatable bonds is 3. The minimum absolute atomic E-state index is 0.0608. The first-order valence-electron chi connectivity index (χ1n) is 7.26. The molecule has 0 aliphatic carbocycles. The number of carbonyl (C=O) groups excluding carboxylic acids is 1. The largest absolute Gasteiger partial charge is 0.348 e. The van der Waals surface area contributed by atoms with Crippen LogP contribution in [0.3, 0.4) is 0 Å². The molecule has 0 saturated carbocycles. The highest BCUT2D eigenvalue weighted by Gasteiger charge is 2.26. The third-order valence-electron chi connectivity index (χ3n) is 4.02. The number of carbonyl (C=O) groups is 1. The molecule has 3 nitrogen and oxygen atoms in total. The van der Waals surface area contributed by atoms with Crippen molar-refractivity contribution in [1.82, 2.24) is 10.6 Å². The first-order chi connectivity index (χ1) is 9.11. The summed E-state index contributed by atoms with van der Waals surface area (Å²) in [6, 6.07) is 8.97. The van der Waals surface area contributed by atoms with E-state index < -0.39 is 0 Å². The predicted octanol–water partition coefficient (Wildman–Crippen LogP) is 2.51. The van der Waals surface area contributed by atoms with Crippen LogP contribution in [0.25, 0.3) is 0 Å². The van der Waals surface area contributed by atoms with Gasteiger partial charge in [-0.05, 0) is 44.7 Å². The van der Waals surface area contributed by atoms with Crippen LogP contribution in [0.4, 0.5) is 0 Å². The van der Waals surface area contributed by atoms with E-state index in [-0.39, 0.29) is 11.9 Å². The number of benzene rings is 1. The third-order valence-corrected chi connectivity index (χ3v) is 4.02. The minimum atomic E-state index is 0.0608. The Balaban J connectivity index is 2.04. The van der Waals surface area contributed by atoms with E-state index in [9.17, 15) is 4.79 Å². The second-order valence-corrected chi connectivity index (χ2v) is 5.52. The maximum Gasteiger partial charge on any atom is 0.251 e. The SMILES string of the molecule is CCc1ccccc1C(=O)NC1CCC(C)NC1C. The van der Waals surface area contributed by atoms with Gasteiger partial charge in [-0.15, -0.1) is 0 Å². The third kappa shape index (κ3) is 3.35. The van der Waals surface area contributed by atoms with Gasteiger partial charge in [0, 0.05) is 23.7 Å². The van der Waals surface area contributed by atoms with E-state index >= 15 is 0 Å². The van der Waals surface area contributed by atoms with Gasteiger partial charge in [0.2, 0.25) is 0 Å². The zero-order chi connectivity index (χ0) is 13.8. The Morgan fingerprint density at radius 3 is 2.74 bits per heavy atom. The van der Waals surface area contributed by atoms with Crippen LogP contribution in [0.2, 0.25) is 0 Å². The Morgan fingerprint density at radius 1 is 1.32 bits per heavy atom. The maximum absolute atomic E-state index is 12.4. The van der Waals surface area contributed by atoms with Gasteiger partial charge >= 0.3 is 0 Å². The average Bonchev–Trinajstić information content (AvgIpc) is 2.41. The standard InChI is InChI=1S/C16H24N2O/c1-4-13-7-5-6-8-14(13)16(19)18-15-10-9-11(2)17-12(15)3/h5-8,11-12,15,17H,4,9-10H2,1-3H3,(H,18,19). The van der Waals surface area contributed by atoms with Crippen molar-refractivity contribution in [2.45, 2.75) is 58.2 Å². The van der Waals surface area contributed by atoms with E-state index in [0.29, 0.717) is 12.1 Å². The molecule has 1 aliphatic heterocycles. The summed E-state index contributed by atoms with van der Waals surface area (Å²) < 4.78 is 0. The summed E-state index contributed by atoms with van der Waals surface area (Å²) in [5, 5.41) is 6.68. The van der Waals surface area contributed by atoms with E-state index in [1.54, 1.807) is 0 Å². The van der Waals surface area contributed by atoms with Crippen LogP contribution in [-0.2, 0) is 6.42 Å². The molecule has 0 radical (unpaired) electrons. The van der Waals surface area contributed by atoms with Crippen LogP contribution in [0, 0.1) is 0 Å². The van der Waals surface area contributed by atoms with Gasteiger partial charge in [0.1, 0.15) is 0 Å². The molecule has 1 aromatic rings. The molecule has 2 rings (SSSR count). The molecule has 1 amide bonds. The Labute approximate surface area is 115 Å². The molecule has 2 N–H and O–H groups in total. The van der Waals surface area contributed by atoms with Gasteiger partial charge in [-0.1, -0.05) is 25.1 Å². The monoisotopic (exact) mass is 260 g/mol. The molecule has 104 valence electrons. The van der Waals surface area contributed by atoms with Crippen LogP contribution in [0.1, 0.15) is 49.5 Å². The first kappa shape index (κ1) is 14.1. The lowest BCUT2D eigenvalue weighted by atomic mass is 9.94. The molecule has 0 spiro atoms. The topological polar surface area (TPSA) is 41.1 Å². The van der Waals surface area contributed by atoms with Crippen molar-refractivity contribution in [3.05, 3.63) is 35.4 Å². The van der Waals surface area contributed by atoms with Crippen molar-refractivity contribution < 1.29 is 4.79 Å². The average molecular weight is 260 g/mol. The molecule has 0 bridgehead atoms. The fourth-order valence-corrected chi connectivity index (χ4v) is 2.82. The van der Waals surface area contributed by atoms with Crippen LogP contribution in [0.15, 0.2) is 24.3 Å². The van der Waals surface area contributed by atoms with Gasteiger partial charge in [0.25, 0.3) is 5.91 Å².